The van der Waals surface area contributed by atoms with Gasteiger partial charge in [-0.1, -0.05) is 18.2 Å². The van der Waals surface area contributed by atoms with Gasteiger partial charge in [0, 0.05) is 32.7 Å². The summed E-state index contributed by atoms with van der Waals surface area (Å²) in [5, 5.41) is 7.61. The molecule has 0 spiro atoms. The molecule has 0 saturated heterocycles. The van der Waals surface area contributed by atoms with Crippen molar-refractivity contribution < 1.29 is 28.9 Å². The van der Waals surface area contributed by atoms with Crippen LogP contribution in [-0.4, -0.2) is 14.8 Å². The Morgan fingerprint density at radius 2 is 1.68 bits per heavy atom. The van der Waals surface area contributed by atoms with Crippen molar-refractivity contribution in [2.75, 3.05) is 0 Å². The van der Waals surface area contributed by atoms with Gasteiger partial charge in [-0.05, 0) is 12.1 Å². The summed E-state index contributed by atoms with van der Waals surface area (Å²) in [4.78, 5) is 0. The van der Waals surface area contributed by atoms with Gasteiger partial charge < -0.3 is 4.57 Å². The van der Waals surface area contributed by atoms with Crippen LogP contribution >= 0.6 is 0 Å². The molecule has 0 unspecified atom stereocenters. The monoisotopic (exact) mass is 477 g/mol. The minimum Gasteiger partial charge on any atom is -0.315 e. The van der Waals surface area contributed by atoms with E-state index >= 15 is 0 Å². The van der Waals surface area contributed by atoms with E-state index in [-0.39, 0.29) is 25.9 Å². The molecular formula is C16H12F2IrN3-. The maximum atomic E-state index is 13.8. The average Bonchev–Trinajstić information content (AvgIpc) is 2.94. The zero-order chi connectivity index (χ0) is 14.9. The average molecular weight is 477 g/mol. The summed E-state index contributed by atoms with van der Waals surface area (Å²) in [6, 6.07) is 19.0. The predicted octanol–water partition coefficient (Wildman–Crippen LogP) is 3.84. The first kappa shape index (κ1) is 16.5. The summed E-state index contributed by atoms with van der Waals surface area (Å²) < 4.78 is 29.0. The molecule has 1 heterocycles. The number of nitrogens with zero attached hydrogens (tertiary/aromatic N) is 3. The summed E-state index contributed by atoms with van der Waals surface area (Å²) in [7, 11) is 0. The minimum absolute atomic E-state index is 0. The third kappa shape index (κ3) is 3.13. The molecule has 0 saturated carbocycles. The van der Waals surface area contributed by atoms with Crippen LogP contribution in [-0.2, 0) is 26.0 Å². The molecule has 0 aliphatic heterocycles. The Balaban J connectivity index is 0.00000176. The number of hydrogen-bond acceptors (Lipinski definition) is 2. The summed E-state index contributed by atoms with van der Waals surface area (Å²) >= 11 is 0. The summed E-state index contributed by atoms with van der Waals surface area (Å²) in [6.07, 6.45) is 0. The molecule has 0 N–H and O–H groups in total. The quantitative estimate of drug-likeness (QED) is 0.538. The molecular weight excluding hydrogens is 464 g/mol. The van der Waals surface area contributed by atoms with Crippen molar-refractivity contribution in [2.45, 2.75) is 12.8 Å². The van der Waals surface area contributed by atoms with E-state index in [0.29, 0.717) is 17.1 Å². The van der Waals surface area contributed by atoms with Gasteiger partial charge in [-0.3, -0.25) is 0 Å². The Labute approximate surface area is 140 Å². The Morgan fingerprint density at radius 3 is 2.27 bits per heavy atom. The maximum absolute atomic E-state index is 13.8. The molecule has 0 amide bonds. The fourth-order valence-corrected chi connectivity index (χ4v) is 2.10. The van der Waals surface area contributed by atoms with Gasteiger partial charge in [0.05, 0.1) is 5.82 Å². The van der Waals surface area contributed by atoms with Gasteiger partial charge in [0.1, 0.15) is 0 Å². The zero-order valence-electron chi connectivity index (χ0n) is 11.6. The van der Waals surface area contributed by atoms with Crippen LogP contribution in [0.3, 0.4) is 0 Å². The van der Waals surface area contributed by atoms with E-state index in [1.54, 1.807) is 42.5 Å². The van der Waals surface area contributed by atoms with Gasteiger partial charge in [-0.15, -0.1) is 41.0 Å². The Bertz CT molecular complexity index is 737. The molecule has 0 atom stereocenters. The van der Waals surface area contributed by atoms with Crippen LogP contribution in [0.4, 0.5) is 8.78 Å². The van der Waals surface area contributed by atoms with Gasteiger partial charge in [0.15, 0.2) is 5.82 Å². The summed E-state index contributed by atoms with van der Waals surface area (Å²) in [5.74, 6) is -3.13. The molecule has 1 aromatic heterocycles. The fraction of sp³-hybridized carbons (Fsp3) is 0.125. The molecule has 6 heteroatoms. The second-order valence-electron chi connectivity index (χ2n) is 4.68. The third-order valence-corrected chi connectivity index (χ3v) is 3.02. The number of alkyl halides is 2. The SMILES string of the molecule is CC(F)(F)c1nnc(-c2[c-]cccc2)n1-c1ccccc1.[Ir]. The van der Waals surface area contributed by atoms with E-state index in [4.69, 9.17) is 0 Å². The van der Waals surface area contributed by atoms with Crippen molar-refractivity contribution in [3.05, 3.63) is 66.5 Å². The second-order valence-corrected chi connectivity index (χ2v) is 4.68. The number of rotatable bonds is 3. The van der Waals surface area contributed by atoms with E-state index in [0.717, 1.165) is 6.92 Å². The molecule has 0 bridgehead atoms. The first-order valence-corrected chi connectivity index (χ1v) is 6.43. The van der Waals surface area contributed by atoms with Crippen LogP contribution in [0.15, 0.2) is 54.6 Å². The maximum Gasteiger partial charge on any atom is 0.303 e. The van der Waals surface area contributed by atoms with Crippen molar-refractivity contribution in [3.8, 4) is 17.1 Å². The van der Waals surface area contributed by atoms with Gasteiger partial charge in [-0.25, -0.2) is 0 Å². The molecule has 0 fully saturated rings. The summed E-state index contributed by atoms with van der Waals surface area (Å²) in [6.45, 7) is 0.814. The van der Waals surface area contributed by atoms with E-state index in [9.17, 15) is 8.78 Å². The van der Waals surface area contributed by atoms with Crippen molar-refractivity contribution in [1.82, 2.24) is 14.8 Å². The fourth-order valence-electron chi connectivity index (χ4n) is 2.10. The van der Waals surface area contributed by atoms with Crippen LogP contribution < -0.4 is 0 Å². The van der Waals surface area contributed by atoms with E-state index in [1.165, 1.54) is 4.57 Å². The van der Waals surface area contributed by atoms with Crippen LogP contribution in [0.5, 0.6) is 0 Å². The smallest absolute Gasteiger partial charge is 0.303 e. The van der Waals surface area contributed by atoms with Gasteiger partial charge in [-0.2, -0.15) is 13.9 Å². The standard InChI is InChI=1S/C16H12F2N3.Ir/c1-16(17,18)15-20-19-14(12-8-4-2-5-9-12)21(15)13-10-6-3-7-11-13;/h2-8,10-11H,1H3;/q-1;. The van der Waals surface area contributed by atoms with E-state index in [2.05, 4.69) is 16.3 Å². The first-order valence-electron chi connectivity index (χ1n) is 6.43. The molecule has 22 heavy (non-hydrogen) atoms. The third-order valence-electron chi connectivity index (χ3n) is 3.02. The molecule has 1 radical (unpaired) electrons. The van der Waals surface area contributed by atoms with E-state index < -0.39 is 5.92 Å². The minimum atomic E-state index is -3.09. The number of hydrogen-bond donors (Lipinski definition) is 0. The Morgan fingerprint density at radius 1 is 1.00 bits per heavy atom. The van der Waals surface area contributed by atoms with Crippen LogP contribution in [0.25, 0.3) is 17.1 Å². The molecule has 3 aromatic rings. The van der Waals surface area contributed by atoms with Gasteiger partial charge in [0.2, 0.25) is 0 Å². The van der Waals surface area contributed by atoms with Crippen molar-refractivity contribution >= 4 is 0 Å². The number of aromatic nitrogens is 3. The molecule has 2 aromatic carbocycles. The molecule has 0 aliphatic rings. The predicted molar refractivity (Wildman–Crippen MR) is 75.2 cm³/mol. The normalized spacial score (nSPS) is 11.0. The zero-order valence-corrected chi connectivity index (χ0v) is 14.0. The topological polar surface area (TPSA) is 30.7 Å². The Hall–Kier alpha value is -1.91. The number of benzene rings is 2. The van der Waals surface area contributed by atoms with Crippen LogP contribution in [0, 0.1) is 6.07 Å². The molecule has 0 aliphatic carbocycles. The number of halogens is 2. The van der Waals surface area contributed by atoms with E-state index in [1.807, 2.05) is 12.1 Å². The largest absolute Gasteiger partial charge is 0.315 e. The van der Waals surface area contributed by atoms with Gasteiger partial charge in [0.25, 0.3) is 0 Å². The second kappa shape index (κ2) is 6.46. The molecule has 3 rings (SSSR count). The first-order chi connectivity index (χ1) is 10.1. The van der Waals surface area contributed by atoms with Crippen LogP contribution in [0.2, 0.25) is 0 Å². The molecule has 115 valence electrons. The molecule has 3 nitrogen and oxygen atoms in total. The van der Waals surface area contributed by atoms with Gasteiger partial charge >= 0.3 is 5.92 Å². The number of para-hydroxylation sites is 1. The Kier molecular flexibility index (Phi) is 4.84. The van der Waals surface area contributed by atoms with Crippen molar-refractivity contribution in [3.63, 3.8) is 0 Å². The summed E-state index contributed by atoms with van der Waals surface area (Å²) in [5.41, 5.74) is 1.20. The van der Waals surface area contributed by atoms with Crippen LogP contribution in [0.1, 0.15) is 12.7 Å². The van der Waals surface area contributed by atoms with Crippen molar-refractivity contribution in [2.24, 2.45) is 0 Å². The van der Waals surface area contributed by atoms with Crippen molar-refractivity contribution in [1.29, 1.82) is 0 Å².